The lowest BCUT2D eigenvalue weighted by atomic mass is 10.0. The van der Waals surface area contributed by atoms with E-state index in [1.54, 1.807) is 31.4 Å². The van der Waals surface area contributed by atoms with Crippen molar-refractivity contribution in [3.8, 4) is 5.75 Å². The summed E-state index contributed by atoms with van der Waals surface area (Å²) in [5, 5.41) is 7.21. The second-order valence-electron chi connectivity index (χ2n) is 4.56. The molecule has 3 rings (SSSR count). The number of hydrogen-bond donors (Lipinski definition) is 1. The van der Waals surface area contributed by atoms with Crippen molar-refractivity contribution < 1.29 is 9.53 Å². The number of ether oxygens (including phenoxy) is 1. The zero-order valence-corrected chi connectivity index (χ0v) is 11.6. The smallest absolute Gasteiger partial charge is 0.195 e. The molecular weight excluding hydrogens is 270 g/mol. The lowest BCUT2D eigenvalue weighted by molar-refractivity contribution is 0.0951. The number of Topliss-reactive ketones (excluding diaryl/α,β-unsaturated/α-hetero) is 1. The Labute approximate surface area is 121 Å². The molecule has 0 amide bonds. The molecule has 0 saturated carbocycles. The first kappa shape index (κ1) is 13.3. The molecule has 7 heteroatoms. The molecule has 21 heavy (non-hydrogen) atoms. The number of aliphatic imine (C=N–C) groups is 1. The molecule has 0 fully saturated rings. The third kappa shape index (κ3) is 2.62. The fraction of sp³-hybridized carbons (Fsp3) is 0.286. The summed E-state index contributed by atoms with van der Waals surface area (Å²) in [6.07, 6.45) is 2.93. The van der Waals surface area contributed by atoms with Crippen LogP contribution in [0.5, 0.6) is 5.75 Å². The molecule has 1 atom stereocenters. The first-order valence-corrected chi connectivity index (χ1v) is 6.60. The summed E-state index contributed by atoms with van der Waals surface area (Å²) in [7, 11) is 1.59. The molecule has 0 radical (unpaired) electrons. The molecule has 7 nitrogen and oxygen atoms in total. The van der Waals surface area contributed by atoms with E-state index >= 15 is 0 Å². The topological polar surface area (TPSA) is 81.4 Å². The summed E-state index contributed by atoms with van der Waals surface area (Å²) < 4.78 is 6.62. The Morgan fingerprint density at radius 3 is 2.76 bits per heavy atom. The highest BCUT2D eigenvalue weighted by atomic mass is 16.5. The SMILES string of the molecule is COc1ccc(C(=O)C(C2=NCCN2)n2cncn2)cc1. The van der Waals surface area contributed by atoms with Gasteiger partial charge in [0.25, 0.3) is 0 Å². The molecule has 1 aliphatic rings. The molecule has 0 saturated heterocycles. The minimum absolute atomic E-state index is 0.0868. The van der Waals surface area contributed by atoms with Gasteiger partial charge >= 0.3 is 0 Å². The van der Waals surface area contributed by atoms with Crippen molar-refractivity contribution in [3.05, 3.63) is 42.5 Å². The molecule has 1 N–H and O–H groups in total. The van der Waals surface area contributed by atoms with Gasteiger partial charge in [0.2, 0.25) is 0 Å². The molecule has 1 unspecified atom stereocenters. The highest BCUT2D eigenvalue weighted by Gasteiger charge is 2.29. The second kappa shape index (κ2) is 5.74. The molecule has 0 spiro atoms. The average molecular weight is 285 g/mol. The molecule has 0 bridgehead atoms. The van der Waals surface area contributed by atoms with Gasteiger partial charge in [0, 0.05) is 12.1 Å². The van der Waals surface area contributed by atoms with Crippen molar-refractivity contribution in [3.63, 3.8) is 0 Å². The van der Waals surface area contributed by atoms with E-state index in [2.05, 4.69) is 20.4 Å². The van der Waals surface area contributed by atoms with Crippen LogP contribution in [0.25, 0.3) is 0 Å². The van der Waals surface area contributed by atoms with Crippen molar-refractivity contribution in [2.45, 2.75) is 6.04 Å². The summed E-state index contributed by atoms with van der Waals surface area (Å²) in [4.78, 5) is 21.0. The highest BCUT2D eigenvalue weighted by molar-refractivity contribution is 6.13. The number of amidine groups is 1. The first-order chi connectivity index (χ1) is 10.3. The Balaban J connectivity index is 1.93. The first-order valence-electron chi connectivity index (χ1n) is 6.60. The van der Waals surface area contributed by atoms with Gasteiger partial charge in [-0.1, -0.05) is 0 Å². The fourth-order valence-corrected chi connectivity index (χ4v) is 2.23. The van der Waals surface area contributed by atoms with Gasteiger partial charge in [-0.05, 0) is 24.3 Å². The minimum Gasteiger partial charge on any atom is -0.497 e. The van der Waals surface area contributed by atoms with Crippen LogP contribution < -0.4 is 10.1 Å². The lowest BCUT2D eigenvalue weighted by Gasteiger charge is -2.16. The Hall–Kier alpha value is -2.70. The van der Waals surface area contributed by atoms with Crippen LogP contribution in [0.4, 0.5) is 0 Å². The van der Waals surface area contributed by atoms with Gasteiger partial charge in [-0.25, -0.2) is 9.67 Å². The van der Waals surface area contributed by atoms with E-state index in [4.69, 9.17) is 4.74 Å². The van der Waals surface area contributed by atoms with E-state index in [0.29, 0.717) is 23.7 Å². The number of aromatic nitrogens is 3. The molecule has 108 valence electrons. The van der Waals surface area contributed by atoms with Crippen LogP contribution in [0, 0.1) is 0 Å². The van der Waals surface area contributed by atoms with Crippen molar-refractivity contribution in [2.24, 2.45) is 4.99 Å². The summed E-state index contributed by atoms with van der Waals surface area (Å²) in [5.41, 5.74) is 0.577. The zero-order valence-electron chi connectivity index (χ0n) is 11.6. The quantitative estimate of drug-likeness (QED) is 0.818. The van der Waals surface area contributed by atoms with Crippen LogP contribution >= 0.6 is 0 Å². The summed E-state index contributed by atoms with van der Waals surface area (Å²) >= 11 is 0. The van der Waals surface area contributed by atoms with Crippen molar-refractivity contribution >= 4 is 11.6 Å². The van der Waals surface area contributed by atoms with E-state index < -0.39 is 6.04 Å². The molecule has 2 heterocycles. The number of nitrogens with one attached hydrogen (secondary N) is 1. The van der Waals surface area contributed by atoms with Gasteiger partial charge in [0.05, 0.1) is 13.7 Å². The number of ketones is 1. The number of rotatable bonds is 5. The van der Waals surface area contributed by atoms with E-state index in [-0.39, 0.29) is 5.78 Å². The number of carbonyl (C=O) groups is 1. The van der Waals surface area contributed by atoms with Gasteiger partial charge in [-0.2, -0.15) is 5.10 Å². The average Bonchev–Trinajstić information content (AvgIpc) is 3.21. The summed E-state index contributed by atoms with van der Waals surface area (Å²) in [6.45, 7) is 1.40. The van der Waals surface area contributed by atoms with E-state index in [1.165, 1.54) is 17.3 Å². The standard InChI is InChI=1S/C14H15N5O2/c1-21-11-4-2-10(3-5-11)13(20)12(14-16-6-7-17-14)19-9-15-8-18-19/h2-5,8-9,12H,6-7H2,1H3,(H,16,17). The van der Waals surface area contributed by atoms with Crippen molar-refractivity contribution in [2.75, 3.05) is 20.2 Å². The summed E-state index contributed by atoms with van der Waals surface area (Å²) in [6, 6.07) is 6.38. The highest BCUT2D eigenvalue weighted by Crippen LogP contribution is 2.19. The number of hydrogen-bond acceptors (Lipinski definition) is 6. The second-order valence-corrected chi connectivity index (χ2v) is 4.56. The molecule has 1 aromatic carbocycles. The molecule has 2 aromatic rings. The van der Waals surface area contributed by atoms with Gasteiger partial charge in [0.1, 0.15) is 24.2 Å². The normalized spacial score (nSPS) is 15.2. The van der Waals surface area contributed by atoms with Crippen LogP contribution in [0.2, 0.25) is 0 Å². The number of methoxy groups -OCH3 is 1. The van der Waals surface area contributed by atoms with Crippen LogP contribution in [0.1, 0.15) is 16.4 Å². The predicted molar refractivity (Wildman–Crippen MR) is 76.7 cm³/mol. The Morgan fingerprint density at radius 2 is 2.19 bits per heavy atom. The third-order valence-corrected chi connectivity index (χ3v) is 3.28. The number of nitrogens with zero attached hydrogens (tertiary/aromatic N) is 4. The molecule has 0 aliphatic carbocycles. The van der Waals surface area contributed by atoms with Crippen molar-refractivity contribution in [1.82, 2.24) is 20.1 Å². The van der Waals surface area contributed by atoms with Crippen LogP contribution in [0.15, 0.2) is 41.9 Å². The van der Waals surface area contributed by atoms with Crippen LogP contribution in [-0.4, -0.2) is 46.6 Å². The van der Waals surface area contributed by atoms with Crippen molar-refractivity contribution in [1.29, 1.82) is 0 Å². The Kier molecular flexibility index (Phi) is 3.63. The van der Waals surface area contributed by atoms with E-state index in [1.807, 2.05) is 0 Å². The van der Waals surface area contributed by atoms with E-state index in [0.717, 1.165) is 6.54 Å². The number of benzene rings is 1. The van der Waals surface area contributed by atoms with Gasteiger partial charge in [-0.3, -0.25) is 9.79 Å². The minimum atomic E-state index is -0.608. The maximum atomic E-state index is 12.8. The third-order valence-electron chi connectivity index (χ3n) is 3.28. The van der Waals surface area contributed by atoms with Crippen LogP contribution in [0.3, 0.4) is 0 Å². The maximum absolute atomic E-state index is 12.8. The monoisotopic (exact) mass is 285 g/mol. The fourth-order valence-electron chi connectivity index (χ4n) is 2.23. The predicted octanol–water partition coefficient (Wildman–Crippen LogP) is 0.712. The molecule has 1 aliphatic heterocycles. The largest absolute Gasteiger partial charge is 0.497 e. The Bertz CT molecular complexity index is 649. The maximum Gasteiger partial charge on any atom is 0.195 e. The lowest BCUT2D eigenvalue weighted by Crippen LogP contribution is -2.35. The van der Waals surface area contributed by atoms with Gasteiger partial charge in [0.15, 0.2) is 11.8 Å². The van der Waals surface area contributed by atoms with E-state index in [9.17, 15) is 4.79 Å². The van der Waals surface area contributed by atoms with Gasteiger partial charge < -0.3 is 10.1 Å². The number of carbonyl (C=O) groups excluding carboxylic acids is 1. The zero-order chi connectivity index (χ0) is 14.7. The van der Waals surface area contributed by atoms with Gasteiger partial charge in [-0.15, -0.1) is 0 Å². The molecular formula is C14H15N5O2. The Morgan fingerprint density at radius 1 is 1.38 bits per heavy atom. The molecule has 1 aromatic heterocycles. The van der Waals surface area contributed by atoms with Crippen LogP contribution in [-0.2, 0) is 0 Å². The summed E-state index contributed by atoms with van der Waals surface area (Å²) in [5.74, 6) is 1.25.